The summed E-state index contributed by atoms with van der Waals surface area (Å²) in [4.78, 5) is 13.1. The number of aliphatic hydroxyl groups is 1. The van der Waals surface area contributed by atoms with Crippen LogP contribution in [0.3, 0.4) is 0 Å². The Kier molecular flexibility index (Phi) is 2.15. The number of anilines is 1. The number of rotatable bonds is 3. The first-order valence-electron chi connectivity index (χ1n) is 6.79. The molecular weight excluding hydrogens is 242 g/mol. The van der Waals surface area contributed by atoms with Gasteiger partial charge in [0.1, 0.15) is 11.8 Å². The van der Waals surface area contributed by atoms with Crippen molar-refractivity contribution in [3.8, 4) is 0 Å². The van der Waals surface area contributed by atoms with E-state index in [4.69, 9.17) is 0 Å². The first kappa shape index (κ1) is 11.2. The molecule has 19 heavy (non-hydrogen) atoms. The maximum Gasteiger partial charge on any atom is 0.165 e. The van der Waals surface area contributed by atoms with Gasteiger partial charge in [-0.25, -0.2) is 15.0 Å². The summed E-state index contributed by atoms with van der Waals surface area (Å²) < 4.78 is 2.14. The van der Waals surface area contributed by atoms with Crippen LogP contribution in [0.5, 0.6) is 0 Å². The molecule has 0 radical (unpaired) electrons. The van der Waals surface area contributed by atoms with E-state index in [0.717, 1.165) is 29.8 Å². The third-order valence-electron chi connectivity index (χ3n) is 4.01. The zero-order chi connectivity index (χ0) is 13.0. The number of imidazole rings is 1. The Bertz CT molecular complexity index is 623. The van der Waals surface area contributed by atoms with Crippen molar-refractivity contribution in [2.75, 3.05) is 5.32 Å². The summed E-state index contributed by atoms with van der Waals surface area (Å²) in [5.74, 6) is 0.782. The van der Waals surface area contributed by atoms with Crippen LogP contribution in [-0.2, 0) is 0 Å². The van der Waals surface area contributed by atoms with Crippen molar-refractivity contribution in [1.82, 2.24) is 19.5 Å². The third kappa shape index (κ3) is 1.87. The highest BCUT2D eigenvalue weighted by atomic mass is 16.3. The summed E-state index contributed by atoms with van der Waals surface area (Å²) in [7, 11) is 0. The van der Waals surface area contributed by atoms with Crippen LogP contribution in [0.4, 0.5) is 5.82 Å². The molecule has 0 unspecified atom stereocenters. The van der Waals surface area contributed by atoms with Gasteiger partial charge in [0, 0.05) is 12.1 Å². The maximum absolute atomic E-state index is 9.77. The van der Waals surface area contributed by atoms with Gasteiger partial charge in [0.25, 0.3) is 0 Å². The Hall–Kier alpha value is -1.69. The van der Waals surface area contributed by atoms with Gasteiger partial charge in [-0.1, -0.05) is 0 Å². The summed E-state index contributed by atoms with van der Waals surface area (Å²) in [6.07, 6.45) is 7.37. The molecule has 2 aromatic rings. The summed E-state index contributed by atoms with van der Waals surface area (Å²) >= 11 is 0. The number of aromatic nitrogens is 4. The highest BCUT2D eigenvalue weighted by molar-refractivity contribution is 5.83. The lowest BCUT2D eigenvalue weighted by atomic mass is 9.77. The number of hydrogen-bond donors (Lipinski definition) is 2. The van der Waals surface area contributed by atoms with Crippen LogP contribution < -0.4 is 5.32 Å². The minimum absolute atomic E-state index is 0.277. The smallest absolute Gasteiger partial charge is 0.165 e. The molecule has 2 heterocycles. The Morgan fingerprint density at radius 3 is 2.79 bits per heavy atom. The number of fused-ring (bicyclic) bond motifs is 1. The van der Waals surface area contributed by atoms with Crippen LogP contribution in [0.1, 0.15) is 38.6 Å². The van der Waals surface area contributed by atoms with Crippen molar-refractivity contribution in [1.29, 1.82) is 0 Å². The van der Waals surface area contributed by atoms with E-state index in [1.165, 1.54) is 12.8 Å². The Labute approximate surface area is 110 Å². The molecule has 0 aromatic carbocycles. The number of nitrogens with one attached hydrogen (secondary N) is 1. The van der Waals surface area contributed by atoms with Gasteiger partial charge in [-0.05, 0) is 32.6 Å². The second kappa shape index (κ2) is 3.66. The Balaban J connectivity index is 1.63. The van der Waals surface area contributed by atoms with Crippen molar-refractivity contribution in [3.05, 3.63) is 12.7 Å². The van der Waals surface area contributed by atoms with Gasteiger partial charge < -0.3 is 15.0 Å². The fraction of sp³-hybridized carbons (Fsp3) is 0.615. The predicted molar refractivity (Wildman–Crippen MR) is 70.9 cm³/mol. The zero-order valence-electron chi connectivity index (χ0n) is 10.9. The van der Waals surface area contributed by atoms with E-state index in [-0.39, 0.29) is 6.04 Å². The molecule has 2 aliphatic rings. The molecule has 0 aliphatic heterocycles. The maximum atomic E-state index is 9.77. The average Bonchev–Trinajstić information content (AvgIpc) is 3.07. The van der Waals surface area contributed by atoms with E-state index in [1.54, 1.807) is 6.33 Å². The van der Waals surface area contributed by atoms with Crippen molar-refractivity contribution in [2.45, 2.75) is 50.3 Å². The molecule has 100 valence electrons. The Morgan fingerprint density at radius 1 is 1.32 bits per heavy atom. The molecular formula is C13H17N5O. The van der Waals surface area contributed by atoms with Gasteiger partial charge in [-0.15, -0.1) is 0 Å². The summed E-state index contributed by atoms with van der Waals surface area (Å²) in [6, 6.07) is 0.844. The van der Waals surface area contributed by atoms with Crippen LogP contribution in [0, 0.1) is 0 Å². The second-order valence-electron chi connectivity index (χ2n) is 6.02. The quantitative estimate of drug-likeness (QED) is 0.873. The second-order valence-corrected chi connectivity index (χ2v) is 6.02. The molecule has 0 spiro atoms. The van der Waals surface area contributed by atoms with Crippen molar-refractivity contribution >= 4 is 17.0 Å². The van der Waals surface area contributed by atoms with Gasteiger partial charge in [0.2, 0.25) is 0 Å². The van der Waals surface area contributed by atoms with E-state index in [1.807, 2.05) is 13.3 Å². The molecule has 2 saturated carbocycles. The molecule has 0 saturated heterocycles. The van der Waals surface area contributed by atoms with Crippen LogP contribution in [-0.4, -0.2) is 36.3 Å². The van der Waals surface area contributed by atoms with Gasteiger partial charge in [-0.2, -0.15) is 0 Å². The molecule has 4 rings (SSSR count). The molecule has 6 heteroatoms. The van der Waals surface area contributed by atoms with E-state index in [0.29, 0.717) is 6.04 Å². The summed E-state index contributed by atoms with van der Waals surface area (Å²) in [6.45, 7) is 1.86. The van der Waals surface area contributed by atoms with Gasteiger partial charge >= 0.3 is 0 Å². The minimum atomic E-state index is -0.531. The third-order valence-corrected chi connectivity index (χ3v) is 4.01. The number of hydrogen-bond acceptors (Lipinski definition) is 5. The Morgan fingerprint density at radius 2 is 2.11 bits per heavy atom. The molecule has 0 amide bonds. The molecule has 2 N–H and O–H groups in total. The van der Waals surface area contributed by atoms with E-state index >= 15 is 0 Å². The lowest BCUT2D eigenvalue weighted by Crippen LogP contribution is -2.48. The molecule has 2 aromatic heterocycles. The zero-order valence-corrected chi connectivity index (χ0v) is 10.9. The van der Waals surface area contributed by atoms with Gasteiger partial charge in [0.05, 0.1) is 11.9 Å². The average molecular weight is 259 g/mol. The highest BCUT2D eigenvalue weighted by Crippen LogP contribution is 2.38. The first-order valence-corrected chi connectivity index (χ1v) is 6.79. The monoisotopic (exact) mass is 259 g/mol. The largest absolute Gasteiger partial charge is 0.390 e. The van der Waals surface area contributed by atoms with E-state index in [9.17, 15) is 5.11 Å². The normalized spacial score (nSPS) is 30.3. The molecule has 2 aliphatic carbocycles. The lowest BCUT2D eigenvalue weighted by Gasteiger charge is -2.41. The molecule has 0 atom stereocenters. The minimum Gasteiger partial charge on any atom is -0.390 e. The van der Waals surface area contributed by atoms with Crippen molar-refractivity contribution in [3.63, 3.8) is 0 Å². The van der Waals surface area contributed by atoms with Crippen molar-refractivity contribution in [2.24, 2.45) is 0 Å². The lowest BCUT2D eigenvalue weighted by molar-refractivity contribution is -0.0234. The summed E-state index contributed by atoms with van der Waals surface area (Å²) in [5.41, 5.74) is 1.21. The standard InChI is InChI=1S/C13H17N5O/c1-13(19)4-8(5-13)17-11-10-12(15-6-14-11)18(7-16-10)9-2-3-9/h6-9,19H,2-5H2,1H3,(H,14,15,17). The van der Waals surface area contributed by atoms with Crippen LogP contribution in [0.2, 0.25) is 0 Å². The van der Waals surface area contributed by atoms with Gasteiger partial charge in [0.15, 0.2) is 11.5 Å². The van der Waals surface area contributed by atoms with Gasteiger partial charge in [-0.3, -0.25) is 0 Å². The van der Waals surface area contributed by atoms with Crippen molar-refractivity contribution < 1.29 is 5.11 Å². The fourth-order valence-electron chi connectivity index (χ4n) is 2.87. The molecule has 6 nitrogen and oxygen atoms in total. The first-order chi connectivity index (χ1) is 9.12. The molecule has 2 fully saturated rings. The fourth-order valence-corrected chi connectivity index (χ4v) is 2.87. The van der Waals surface area contributed by atoms with Crippen LogP contribution in [0.25, 0.3) is 11.2 Å². The van der Waals surface area contributed by atoms with E-state index < -0.39 is 5.60 Å². The predicted octanol–water partition coefficient (Wildman–Crippen LogP) is 1.49. The highest BCUT2D eigenvalue weighted by Gasteiger charge is 2.38. The van der Waals surface area contributed by atoms with Crippen LogP contribution >= 0.6 is 0 Å². The molecule has 0 bridgehead atoms. The number of nitrogens with zero attached hydrogens (tertiary/aromatic N) is 4. The van der Waals surface area contributed by atoms with Crippen LogP contribution in [0.15, 0.2) is 12.7 Å². The topological polar surface area (TPSA) is 75.9 Å². The SMILES string of the molecule is CC1(O)CC(Nc2ncnc3c2ncn3C2CC2)C1. The summed E-state index contributed by atoms with van der Waals surface area (Å²) in [5, 5.41) is 13.1. The van der Waals surface area contributed by atoms with E-state index in [2.05, 4.69) is 24.8 Å².